The molecule has 0 bridgehead atoms. The summed E-state index contributed by atoms with van der Waals surface area (Å²) in [4.78, 5) is 19.4. The van der Waals surface area contributed by atoms with Crippen molar-refractivity contribution in [2.24, 2.45) is 5.41 Å². The highest BCUT2D eigenvalue weighted by atomic mass is 16.5. The van der Waals surface area contributed by atoms with E-state index in [0.29, 0.717) is 12.5 Å². The molecule has 3 aliphatic rings. The van der Waals surface area contributed by atoms with Crippen molar-refractivity contribution in [1.82, 2.24) is 9.80 Å². The highest BCUT2D eigenvalue weighted by molar-refractivity contribution is 5.79. The number of carbonyl (C=O) groups excluding carboxylic acids is 1. The molecule has 3 aliphatic heterocycles. The summed E-state index contributed by atoms with van der Waals surface area (Å²) < 4.78 is 6.19. The Hall–Kier alpha value is -1.63. The minimum Gasteiger partial charge on any atom is -0.393 e. The Morgan fingerprint density at radius 3 is 2.43 bits per heavy atom. The lowest BCUT2D eigenvalue weighted by molar-refractivity contribution is -0.132. The molecule has 0 aromatic heterocycles. The number of aliphatic hydroxyl groups excluding tert-OH is 1. The van der Waals surface area contributed by atoms with Gasteiger partial charge in [0.2, 0.25) is 5.91 Å². The molecule has 1 N–H and O–H groups in total. The first-order chi connectivity index (χ1) is 14.4. The molecule has 4 rings (SSSR count). The van der Waals surface area contributed by atoms with E-state index in [2.05, 4.69) is 34.1 Å². The quantitative estimate of drug-likeness (QED) is 0.799. The summed E-state index contributed by atoms with van der Waals surface area (Å²) in [5, 5.41) is 9.69. The van der Waals surface area contributed by atoms with Gasteiger partial charge in [0.05, 0.1) is 25.2 Å². The number of piperidine rings is 2. The zero-order valence-electron chi connectivity index (χ0n) is 18.6. The third-order valence-electron chi connectivity index (χ3n) is 7.29. The molecule has 6 nitrogen and oxygen atoms in total. The average molecular weight is 416 g/mol. The summed E-state index contributed by atoms with van der Waals surface area (Å²) in [6.45, 7) is 5.47. The Balaban J connectivity index is 1.23. The zero-order valence-corrected chi connectivity index (χ0v) is 18.6. The molecule has 1 aromatic carbocycles. The van der Waals surface area contributed by atoms with Crippen molar-refractivity contribution in [1.29, 1.82) is 0 Å². The Morgan fingerprint density at radius 2 is 1.80 bits per heavy atom. The number of rotatable bonds is 5. The predicted octanol–water partition coefficient (Wildman–Crippen LogP) is 2.15. The van der Waals surface area contributed by atoms with E-state index in [4.69, 9.17) is 4.74 Å². The number of carbonyl (C=O) groups is 1. The van der Waals surface area contributed by atoms with Crippen LogP contribution in [-0.4, -0.2) is 86.4 Å². The lowest BCUT2D eigenvalue weighted by atomic mass is 9.76. The van der Waals surface area contributed by atoms with Crippen molar-refractivity contribution in [2.45, 2.75) is 50.7 Å². The van der Waals surface area contributed by atoms with E-state index in [1.807, 2.05) is 19.0 Å². The maximum Gasteiger partial charge on any atom is 0.226 e. The van der Waals surface area contributed by atoms with Gasteiger partial charge in [-0.2, -0.15) is 0 Å². The lowest BCUT2D eigenvalue weighted by Gasteiger charge is -2.38. The highest BCUT2D eigenvalue weighted by Crippen LogP contribution is 2.42. The summed E-state index contributed by atoms with van der Waals surface area (Å²) in [7, 11) is 4.05. The van der Waals surface area contributed by atoms with Crippen LogP contribution < -0.4 is 4.90 Å². The number of amides is 1. The van der Waals surface area contributed by atoms with Crippen LogP contribution >= 0.6 is 0 Å². The second-order valence-electron chi connectivity index (χ2n) is 9.79. The normalized spacial score (nSPS) is 25.0. The number of ether oxygens (including phenoxy) is 1. The molecule has 6 heteroatoms. The first-order valence-electron chi connectivity index (χ1n) is 11.5. The number of hydrogen-bond acceptors (Lipinski definition) is 5. The maximum absolute atomic E-state index is 12.8. The first-order valence-corrected chi connectivity index (χ1v) is 11.5. The number of aliphatic hydroxyl groups is 1. The van der Waals surface area contributed by atoms with Gasteiger partial charge < -0.3 is 24.5 Å². The van der Waals surface area contributed by atoms with Crippen molar-refractivity contribution < 1.29 is 14.6 Å². The Morgan fingerprint density at radius 1 is 1.13 bits per heavy atom. The van der Waals surface area contributed by atoms with Crippen molar-refractivity contribution in [3.8, 4) is 0 Å². The van der Waals surface area contributed by atoms with Crippen molar-refractivity contribution in [2.75, 3.05) is 58.3 Å². The van der Waals surface area contributed by atoms with Gasteiger partial charge in [-0.05, 0) is 55.2 Å². The highest BCUT2D eigenvalue weighted by Gasteiger charge is 2.43. The average Bonchev–Trinajstić information content (AvgIpc) is 3.12. The molecule has 30 heavy (non-hydrogen) atoms. The monoisotopic (exact) mass is 415 g/mol. The largest absolute Gasteiger partial charge is 0.393 e. The van der Waals surface area contributed by atoms with Crippen LogP contribution in [0.3, 0.4) is 0 Å². The summed E-state index contributed by atoms with van der Waals surface area (Å²) in [6, 6.07) is 8.28. The van der Waals surface area contributed by atoms with Crippen molar-refractivity contribution >= 4 is 11.6 Å². The third-order valence-corrected chi connectivity index (χ3v) is 7.29. The fourth-order valence-corrected chi connectivity index (χ4v) is 5.18. The van der Waals surface area contributed by atoms with Gasteiger partial charge in [-0.15, -0.1) is 0 Å². The molecule has 3 heterocycles. The van der Waals surface area contributed by atoms with Crippen LogP contribution in [0.25, 0.3) is 0 Å². The van der Waals surface area contributed by atoms with Gasteiger partial charge in [0, 0.05) is 52.5 Å². The second-order valence-corrected chi connectivity index (χ2v) is 9.79. The lowest BCUT2D eigenvalue weighted by Crippen LogP contribution is -2.44. The number of likely N-dealkylation sites (tertiary alicyclic amines) is 2. The maximum atomic E-state index is 12.8. The molecule has 1 amide bonds. The van der Waals surface area contributed by atoms with E-state index in [0.717, 1.165) is 82.7 Å². The van der Waals surface area contributed by atoms with Gasteiger partial charge in [0.15, 0.2) is 0 Å². The van der Waals surface area contributed by atoms with Gasteiger partial charge in [-0.25, -0.2) is 0 Å². The van der Waals surface area contributed by atoms with E-state index in [-0.39, 0.29) is 17.4 Å². The molecule has 1 unspecified atom stereocenters. The molecule has 1 atom stereocenters. The molecule has 0 saturated carbocycles. The molecular weight excluding hydrogens is 378 g/mol. The predicted molar refractivity (Wildman–Crippen MR) is 119 cm³/mol. The summed E-state index contributed by atoms with van der Waals surface area (Å²) in [5.74, 6) is 0.241. The fraction of sp³-hybridized carbons (Fsp3) is 0.708. The minimum atomic E-state index is -0.120. The SMILES string of the molecule is CN(C)c1ccc(CC(=O)N2CCC3(CC2)COC(CN2CCC(O)CC2)C3)cc1. The summed E-state index contributed by atoms with van der Waals surface area (Å²) in [6.07, 6.45) is 5.64. The number of hydrogen-bond donors (Lipinski definition) is 1. The van der Waals surface area contributed by atoms with E-state index in [1.165, 1.54) is 0 Å². The molecule has 1 aromatic rings. The number of nitrogens with zero attached hydrogens (tertiary/aromatic N) is 3. The zero-order chi connectivity index (χ0) is 21.1. The van der Waals surface area contributed by atoms with Gasteiger partial charge in [0.1, 0.15) is 0 Å². The fourth-order valence-electron chi connectivity index (χ4n) is 5.18. The molecule has 3 fully saturated rings. The van der Waals surface area contributed by atoms with E-state index >= 15 is 0 Å². The molecule has 3 saturated heterocycles. The van der Waals surface area contributed by atoms with E-state index < -0.39 is 0 Å². The molecule has 1 spiro atoms. The molecule has 0 radical (unpaired) electrons. The number of anilines is 1. The summed E-state index contributed by atoms with van der Waals surface area (Å²) in [5.41, 5.74) is 2.49. The molecule has 0 aliphatic carbocycles. The van der Waals surface area contributed by atoms with Crippen LogP contribution in [0.15, 0.2) is 24.3 Å². The van der Waals surface area contributed by atoms with Crippen molar-refractivity contribution in [3.05, 3.63) is 29.8 Å². The molecular formula is C24H37N3O3. The van der Waals surface area contributed by atoms with Crippen LogP contribution in [-0.2, 0) is 16.0 Å². The van der Waals surface area contributed by atoms with Crippen LogP contribution in [0, 0.1) is 5.41 Å². The standard InChI is InChI=1S/C24H37N3O3/c1-25(2)20-5-3-19(4-6-20)15-23(29)27-13-9-24(10-14-27)16-22(30-18-24)17-26-11-7-21(28)8-12-26/h3-6,21-22,28H,7-18H2,1-2H3. The molecule has 166 valence electrons. The van der Waals surface area contributed by atoms with Gasteiger partial charge in [-0.3, -0.25) is 4.79 Å². The first kappa shape index (κ1) is 21.6. The van der Waals surface area contributed by atoms with Crippen LogP contribution in [0.4, 0.5) is 5.69 Å². The smallest absolute Gasteiger partial charge is 0.226 e. The Kier molecular flexibility index (Phi) is 6.66. The third kappa shape index (κ3) is 5.16. The second kappa shape index (κ2) is 9.25. The minimum absolute atomic E-state index is 0.120. The Labute approximate surface area is 180 Å². The van der Waals surface area contributed by atoms with E-state index in [1.54, 1.807) is 0 Å². The Bertz CT molecular complexity index is 705. The van der Waals surface area contributed by atoms with Crippen LogP contribution in [0.2, 0.25) is 0 Å². The van der Waals surface area contributed by atoms with Gasteiger partial charge >= 0.3 is 0 Å². The van der Waals surface area contributed by atoms with Gasteiger partial charge in [0.25, 0.3) is 0 Å². The topological polar surface area (TPSA) is 56.2 Å². The van der Waals surface area contributed by atoms with E-state index in [9.17, 15) is 9.90 Å². The van der Waals surface area contributed by atoms with Gasteiger partial charge in [-0.1, -0.05) is 12.1 Å². The van der Waals surface area contributed by atoms with Crippen LogP contribution in [0.5, 0.6) is 0 Å². The van der Waals surface area contributed by atoms with Crippen molar-refractivity contribution in [3.63, 3.8) is 0 Å². The number of benzene rings is 1. The summed E-state index contributed by atoms with van der Waals surface area (Å²) >= 11 is 0. The van der Waals surface area contributed by atoms with Crippen LogP contribution in [0.1, 0.15) is 37.7 Å².